The minimum absolute atomic E-state index is 0.0825. The van der Waals surface area contributed by atoms with Crippen molar-refractivity contribution >= 4 is 11.9 Å². The zero-order chi connectivity index (χ0) is 13.8. The lowest BCUT2D eigenvalue weighted by molar-refractivity contribution is -0.137. The monoisotopic (exact) mass is 260 g/mol. The molecule has 1 N–H and O–H groups in total. The fourth-order valence-corrected chi connectivity index (χ4v) is 2.42. The highest BCUT2D eigenvalue weighted by atomic mass is 16.4. The maximum atomic E-state index is 10.9. The van der Waals surface area contributed by atoms with Gasteiger partial charge in [-0.25, -0.2) is 9.97 Å². The summed E-state index contributed by atoms with van der Waals surface area (Å²) in [6.45, 7) is 2.55. The molecule has 100 valence electrons. The Bertz CT molecular complexity index is 524. The molecule has 19 heavy (non-hydrogen) atoms. The molecule has 1 unspecified atom stereocenters. The Balaban J connectivity index is 2.29. The smallest absolute Gasteiger partial charge is 0.305 e. The van der Waals surface area contributed by atoms with Gasteiger partial charge >= 0.3 is 5.97 Å². The van der Waals surface area contributed by atoms with Gasteiger partial charge in [0.15, 0.2) is 0 Å². The number of aromatic nitrogens is 2. The summed E-state index contributed by atoms with van der Waals surface area (Å²) in [5.41, 5.74) is 1.04. The van der Waals surface area contributed by atoms with Gasteiger partial charge in [-0.05, 0) is 32.3 Å². The standard InChI is InChI=1S/C13H16N4O2/c1-9-6-10(8-14)16-13(15-9)17-5-3-2-4-11(17)7-12(18)19/h6,11H,2-5,7H2,1H3,(H,18,19). The predicted molar refractivity (Wildman–Crippen MR) is 68.7 cm³/mol. The van der Waals surface area contributed by atoms with Gasteiger partial charge in [0.25, 0.3) is 0 Å². The quantitative estimate of drug-likeness (QED) is 0.885. The van der Waals surface area contributed by atoms with E-state index in [1.807, 2.05) is 17.9 Å². The normalized spacial score (nSPS) is 18.9. The molecule has 1 aliphatic heterocycles. The van der Waals surface area contributed by atoms with Crippen LogP contribution >= 0.6 is 0 Å². The second-order valence-electron chi connectivity index (χ2n) is 4.75. The number of carbonyl (C=O) groups is 1. The molecule has 1 aromatic rings. The third-order valence-electron chi connectivity index (χ3n) is 3.25. The number of nitriles is 1. The van der Waals surface area contributed by atoms with Gasteiger partial charge in [0.1, 0.15) is 11.8 Å². The summed E-state index contributed by atoms with van der Waals surface area (Å²) in [7, 11) is 0. The van der Waals surface area contributed by atoms with Gasteiger partial charge in [-0.2, -0.15) is 5.26 Å². The molecule has 1 saturated heterocycles. The van der Waals surface area contributed by atoms with E-state index in [1.165, 1.54) is 0 Å². The summed E-state index contributed by atoms with van der Waals surface area (Å²) in [6, 6.07) is 3.55. The first kappa shape index (κ1) is 13.3. The number of rotatable bonds is 3. The number of hydrogen-bond donors (Lipinski definition) is 1. The lowest BCUT2D eigenvalue weighted by Crippen LogP contribution is -2.42. The average molecular weight is 260 g/mol. The van der Waals surface area contributed by atoms with Gasteiger partial charge in [-0.1, -0.05) is 0 Å². The van der Waals surface area contributed by atoms with E-state index in [0.717, 1.165) is 31.5 Å². The number of nitrogens with zero attached hydrogens (tertiary/aromatic N) is 4. The molecule has 1 atom stereocenters. The van der Waals surface area contributed by atoms with Crippen molar-refractivity contribution in [2.45, 2.75) is 38.6 Å². The molecule has 0 radical (unpaired) electrons. The molecule has 1 aromatic heterocycles. The first-order chi connectivity index (χ1) is 9.10. The van der Waals surface area contributed by atoms with Crippen LogP contribution in [-0.4, -0.2) is 33.6 Å². The fourth-order valence-electron chi connectivity index (χ4n) is 2.42. The fraction of sp³-hybridized carbons (Fsp3) is 0.538. The van der Waals surface area contributed by atoms with E-state index < -0.39 is 5.97 Å². The second-order valence-corrected chi connectivity index (χ2v) is 4.75. The largest absolute Gasteiger partial charge is 0.481 e. The molecule has 2 heterocycles. The molecule has 6 heteroatoms. The molecule has 0 bridgehead atoms. The van der Waals surface area contributed by atoms with Crippen LogP contribution in [0.3, 0.4) is 0 Å². The zero-order valence-corrected chi connectivity index (χ0v) is 10.8. The van der Waals surface area contributed by atoms with Crippen LogP contribution in [0.5, 0.6) is 0 Å². The van der Waals surface area contributed by atoms with E-state index in [-0.39, 0.29) is 12.5 Å². The van der Waals surface area contributed by atoms with Crippen LogP contribution in [0.25, 0.3) is 0 Å². The molecule has 1 fully saturated rings. The van der Waals surface area contributed by atoms with Crippen molar-refractivity contribution in [2.24, 2.45) is 0 Å². The van der Waals surface area contributed by atoms with Crippen molar-refractivity contribution in [1.82, 2.24) is 9.97 Å². The SMILES string of the molecule is Cc1cc(C#N)nc(N2CCCCC2CC(=O)O)n1. The summed E-state index contributed by atoms with van der Waals surface area (Å²) in [5.74, 6) is -0.340. The van der Waals surface area contributed by atoms with Crippen molar-refractivity contribution in [3.05, 3.63) is 17.5 Å². The Morgan fingerprint density at radius 1 is 1.58 bits per heavy atom. The second kappa shape index (κ2) is 5.65. The van der Waals surface area contributed by atoms with E-state index in [1.54, 1.807) is 6.07 Å². The van der Waals surface area contributed by atoms with Crippen molar-refractivity contribution in [2.75, 3.05) is 11.4 Å². The molecule has 1 aliphatic rings. The third kappa shape index (κ3) is 3.19. The number of carboxylic acids is 1. The number of piperidine rings is 1. The van der Waals surface area contributed by atoms with E-state index in [9.17, 15) is 4.79 Å². The summed E-state index contributed by atoms with van der Waals surface area (Å²) in [6.07, 6.45) is 2.92. The first-order valence-electron chi connectivity index (χ1n) is 6.34. The van der Waals surface area contributed by atoms with Gasteiger partial charge in [-0.3, -0.25) is 4.79 Å². The highest BCUT2D eigenvalue weighted by Gasteiger charge is 2.26. The number of anilines is 1. The summed E-state index contributed by atoms with van der Waals surface area (Å²) < 4.78 is 0. The van der Waals surface area contributed by atoms with Crippen LogP contribution in [0.2, 0.25) is 0 Å². The van der Waals surface area contributed by atoms with Crippen molar-refractivity contribution in [3.8, 4) is 6.07 Å². The van der Waals surface area contributed by atoms with E-state index in [2.05, 4.69) is 9.97 Å². The van der Waals surface area contributed by atoms with Crippen molar-refractivity contribution in [3.63, 3.8) is 0 Å². The van der Waals surface area contributed by atoms with Crippen LogP contribution in [0, 0.1) is 18.3 Å². The van der Waals surface area contributed by atoms with Crippen LogP contribution in [0.4, 0.5) is 5.95 Å². The Morgan fingerprint density at radius 3 is 3.05 bits per heavy atom. The van der Waals surface area contributed by atoms with Gasteiger partial charge in [0.05, 0.1) is 6.42 Å². The van der Waals surface area contributed by atoms with Crippen molar-refractivity contribution < 1.29 is 9.90 Å². The first-order valence-corrected chi connectivity index (χ1v) is 6.34. The molecule has 0 aromatic carbocycles. The molecule has 0 spiro atoms. The minimum Gasteiger partial charge on any atom is -0.481 e. The predicted octanol–water partition coefficient (Wildman–Crippen LogP) is 1.49. The lowest BCUT2D eigenvalue weighted by Gasteiger charge is -2.35. The summed E-state index contributed by atoms with van der Waals surface area (Å²) >= 11 is 0. The summed E-state index contributed by atoms with van der Waals surface area (Å²) in [4.78, 5) is 21.4. The number of aliphatic carboxylic acids is 1. The average Bonchev–Trinajstić information content (AvgIpc) is 2.38. The maximum Gasteiger partial charge on any atom is 0.305 e. The van der Waals surface area contributed by atoms with Gasteiger partial charge < -0.3 is 10.0 Å². The highest BCUT2D eigenvalue weighted by molar-refractivity contribution is 5.68. The van der Waals surface area contributed by atoms with E-state index in [4.69, 9.17) is 10.4 Å². The molecular formula is C13H16N4O2. The molecule has 0 saturated carbocycles. The van der Waals surface area contributed by atoms with Crippen LogP contribution in [0.1, 0.15) is 37.1 Å². The van der Waals surface area contributed by atoms with Gasteiger partial charge in [0.2, 0.25) is 5.95 Å². The Hall–Kier alpha value is -2.16. The lowest BCUT2D eigenvalue weighted by atomic mass is 10.00. The highest BCUT2D eigenvalue weighted by Crippen LogP contribution is 2.24. The molecule has 0 aliphatic carbocycles. The maximum absolute atomic E-state index is 10.9. The van der Waals surface area contributed by atoms with Crippen molar-refractivity contribution in [1.29, 1.82) is 5.26 Å². The van der Waals surface area contributed by atoms with E-state index >= 15 is 0 Å². The van der Waals surface area contributed by atoms with Gasteiger partial charge in [-0.15, -0.1) is 0 Å². The zero-order valence-electron chi connectivity index (χ0n) is 10.8. The Morgan fingerprint density at radius 2 is 2.37 bits per heavy atom. The van der Waals surface area contributed by atoms with Crippen LogP contribution in [-0.2, 0) is 4.79 Å². The van der Waals surface area contributed by atoms with E-state index in [0.29, 0.717) is 11.6 Å². The summed E-state index contributed by atoms with van der Waals surface area (Å²) in [5, 5.41) is 17.9. The third-order valence-corrected chi connectivity index (χ3v) is 3.25. The van der Waals surface area contributed by atoms with Crippen LogP contribution < -0.4 is 4.90 Å². The number of hydrogen-bond acceptors (Lipinski definition) is 5. The molecule has 2 rings (SSSR count). The van der Waals surface area contributed by atoms with Crippen LogP contribution in [0.15, 0.2) is 6.07 Å². The molecular weight excluding hydrogens is 244 g/mol. The van der Waals surface area contributed by atoms with Gasteiger partial charge in [0, 0.05) is 18.3 Å². The minimum atomic E-state index is -0.815. The Labute approximate surface area is 111 Å². The Kier molecular flexibility index (Phi) is 3.95. The molecule has 0 amide bonds. The topological polar surface area (TPSA) is 90.1 Å². The number of carboxylic acid groups (broad SMARTS) is 1. The number of aryl methyl sites for hydroxylation is 1. The molecule has 6 nitrogen and oxygen atoms in total.